The summed E-state index contributed by atoms with van der Waals surface area (Å²) in [6.07, 6.45) is 7.41. The van der Waals surface area contributed by atoms with Crippen LogP contribution < -0.4 is 0 Å². The smallest absolute Gasteiger partial charge is 0.253 e. The summed E-state index contributed by atoms with van der Waals surface area (Å²) < 4.78 is 1.86. The van der Waals surface area contributed by atoms with E-state index in [-0.39, 0.29) is 5.91 Å². The van der Waals surface area contributed by atoms with Crippen LogP contribution >= 0.6 is 0 Å². The summed E-state index contributed by atoms with van der Waals surface area (Å²) in [5, 5.41) is 4.30. The van der Waals surface area contributed by atoms with Crippen molar-refractivity contribution in [1.29, 1.82) is 0 Å². The van der Waals surface area contributed by atoms with E-state index in [0.717, 1.165) is 40.1 Å². The summed E-state index contributed by atoms with van der Waals surface area (Å²) in [5.74, 6) is -0.0181. The van der Waals surface area contributed by atoms with Gasteiger partial charge in [-0.15, -0.1) is 0 Å². The van der Waals surface area contributed by atoms with Crippen LogP contribution in [0.5, 0.6) is 0 Å². The minimum Gasteiger partial charge on any atom is -0.345 e. The highest BCUT2D eigenvalue weighted by Gasteiger charge is 2.13. The van der Waals surface area contributed by atoms with E-state index < -0.39 is 0 Å². The molecule has 1 aromatic carbocycles. The monoisotopic (exact) mass is 360 g/mol. The van der Waals surface area contributed by atoms with Crippen molar-refractivity contribution in [2.45, 2.75) is 13.5 Å². The lowest BCUT2D eigenvalue weighted by molar-refractivity contribution is 0.0827. The molecular formula is C20H20N6O. The molecular weight excluding hydrogens is 340 g/mol. The van der Waals surface area contributed by atoms with Crippen LogP contribution in [0.2, 0.25) is 0 Å². The number of carbonyl (C=O) groups excluding carboxylic acids is 1. The molecule has 27 heavy (non-hydrogen) atoms. The highest BCUT2D eigenvalue weighted by molar-refractivity contribution is 5.96. The van der Waals surface area contributed by atoms with Crippen LogP contribution in [0.3, 0.4) is 0 Å². The second-order valence-electron chi connectivity index (χ2n) is 6.52. The maximum absolute atomic E-state index is 12.1. The Kier molecular flexibility index (Phi) is 4.19. The molecule has 1 N–H and O–H groups in total. The van der Waals surface area contributed by atoms with E-state index in [1.54, 1.807) is 31.4 Å². The van der Waals surface area contributed by atoms with Gasteiger partial charge in [0.1, 0.15) is 5.52 Å². The zero-order valence-electron chi connectivity index (χ0n) is 15.5. The molecule has 3 heterocycles. The van der Waals surface area contributed by atoms with Gasteiger partial charge in [0.15, 0.2) is 5.65 Å². The van der Waals surface area contributed by atoms with Crippen molar-refractivity contribution < 1.29 is 4.79 Å². The zero-order valence-corrected chi connectivity index (χ0v) is 15.5. The third-order valence-corrected chi connectivity index (χ3v) is 4.48. The summed E-state index contributed by atoms with van der Waals surface area (Å²) in [6, 6.07) is 7.53. The number of nitrogens with one attached hydrogen (secondary N) is 1. The Hall–Kier alpha value is -3.48. The molecule has 7 heteroatoms. The van der Waals surface area contributed by atoms with Gasteiger partial charge in [0.05, 0.1) is 18.1 Å². The molecule has 0 aliphatic heterocycles. The molecule has 0 bridgehead atoms. The maximum Gasteiger partial charge on any atom is 0.253 e. The van der Waals surface area contributed by atoms with Crippen LogP contribution in [0.4, 0.5) is 0 Å². The van der Waals surface area contributed by atoms with E-state index in [1.165, 1.54) is 0 Å². The second kappa shape index (κ2) is 6.68. The molecule has 0 radical (unpaired) electrons. The van der Waals surface area contributed by atoms with Crippen LogP contribution in [0.1, 0.15) is 17.3 Å². The fourth-order valence-electron chi connectivity index (χ4n) is 2.97. The summed E-state index contributed by atoms with van der Waals surface area (Å²) in [6.45, 7) is 2.85. The molecule has 4 rings (SSSR count). The fourth-order valence-corrected chi connectivity index (χ4v) is 2.97. The van der Waals surface area contributed by atoms with Gasteiger partial charge in [-0.3, -0.25) is 9.48 Å². The first-order valence-electron chi connectivity index (χ1n) is 8.76. The number of hydrogen-bond donors (Lipinski definition) is 1. The molecule has 0 saturated carbocycles. The Morgan fingerprint density at radius 1 is 1.15 bits per heavy atom. The number of aromatic nitrogens is 5. The zero-order chi connectivity index (χ0) is 19.0. The number of carbonyl (C=O) groups is 1. The lowest BCUT2D eigenvalue weighted by Gasteiger charge is -2.10. The average Bonchev–Trinajstić information content (AvgIpc) is 3.34. The first-order chi connectivity index (χ1) is 13.1. The SMILES string of the molecule is CCn1cc(-c2cnc3[nH]cc(-c4ccc(C(=O)N(C)C)cc4)c3n2)cn1. The Morgan fingerprint density at radius 2 is 1.93 bits per heavy atom. The lowest BCUT2D eigenvalue weighted by atomic mass is 10.1. The van der Waals surface area contributed by atoms with Crippen LogP contribution in [0.25, 0.3) is 33.5 Å². The van der Waals surface area contributed by atoms with E-state index in [9.17, 15) is 4.79 Å². The molecule has 1 amide bonds. The van der Waals surface area contributed by atoms with Gasteiger partial charge in [-0.05, 0) is 24.6 Å². The molecule has 0 saturated heterocycles. The van der Waals surface area contributed by atoms with Crippen molar-refractivity contribution in [1.82, 2.24) is 29.6 Å². The van der Waals surface area contributed by atoms with Crippen molar-refractivity contribution in [2.24, 2.45) is 0 Å². The predicted molar refractivity (Wildman–Crippen MR) is 104 cm³/mol. The van der Waals surface area contributed by atoms with Crippen molar-refractivity contribution in [3.05, 3.63) is 54.6 Å². The number of benzene rings is 1. The predicted octanol–water partition coefficient (Wildman–Crippen LogP) is 3.21. The quantitative estimate of drug-likeness (QED) is 0.606. The molecule has 136 valence electrons. The molecule has 3 aromatic heterocycles. The topological polar surface area (TPSA) is 79.7 Å². The number of aromatic amines is 1. The van der Waals surface area contributed by atoms with E-state index in [4.69, 9.17) is 4.98 Å². The highest BCUT2D eigenvalue weighted by Crippen LogP contribution is 2.28. The Balaban J connectivity index is 1.74. The first-order valence-corrected chi connectivity index (χ1v) is 8.76. The maximum atomic E-state index is 12.1. The number of aryl methyl sites for hydroxylation is 1. The minimum atomic E-state index is -0.0181. The number of H-pyrrole nitrogens is 1. The van der Waals surface area contributed by atoms with Gasteiger partial charge in [-0.1, -0.05) is 12.1 Å². The van der Waals surface area contributed by atoms with Crippen molar-refractivity contribution in [3.8, 4) is 22.4 Å². The number of fused-ring (bicyclic) bond motifs is 1. The molecule has 0 aliphatic carbocycles. The van der Waals surface area contributed by atoms with Gasteiger partial charge in [-0.25, -0.2) is 9.97 Å². The lowest BCUT2D eigenvalue weighted by Crippen LogP contribution is -2.21. The van der Waals surface area contributed by atoms with E-state index in [2.05, 4.69) is 15.1 Å². The van der Waals surface area contributed by atoms with E-state index in [1.807, 2.05) is 48.3 Å². The number of amides is 1. The van der Waals surface area contributed by atoms with Crippen molar-refractivity contribution in [3.63, 3.8) is 0 Å². The van der Waals surface area contributed by atoms with Crippen LogP contribution in [0.15, 0.2) is 49.1 Å². The molecule has 0 unspecified atom stereocenters. The van der Waals surface area contributed by atoms with Crippen LogP contribution in [-0.2, 0) is 6.54 Å². The standard InChI is InChI=1S/C20H20N6O/c1-4-26-12-15(9-23-26)17-11-22-19-18(24-17)16(10-21-19)13-5-7-14(8-6-13)20(27)25(2)3/h5-12H,4H2,1-3H3,(H,21,22). The van der Waals surface area contributed by atoms with E-state index >= 15 is 0 Å². The fraction of sp³-hybridized carbons (Fsp3) is 0.200. The molecule has 0 spiro atoms. The van der Waals surface area contributed by atoms with Gasteiger partial charge in [0.2, 0.25) is 0 Å². The second-order valence-corrected chi connectivity index (χ2v) is 6.52. The molecule has 0 atom stereocenters. The average molecular weight is 360 g/mol. The van der Waals surface area contributed by atoms with Gasteiger partial charge in [0.25, 0.3) is 5.91 Å². The normalized spacial score (nSPS) is 11.1. The molecule has 0 fully saturated rings. The summed E-state index contributed by atoms with van der Waals surface area (Å²) in [7, 11) is 3.49. The molecule has 0 aliphatic rings. The van der Waals surface area contributed by atoms with Gasteiger partial charge >= 0.3 is 0 Å². The Labute approximate surface area is 156 Å². The van der Waals surface area contributed by atoms with Gasteiger partial charge in [-0.2, -0.15) is 5.10 Å². The summed E-state index contributed by atoms with van der Waals surface area (Å²) in [4.78, 5) is 26.1. The third-order valence-electron chi connectivity index (χ3n) is 4.48. The number of nitrogens with zero attached hydrogens (tertiary/aromatic N) is 5. The summed E-state index contributed by atoms with van der Waals surface area (Å²) in [5.41, 5.74) is 5.82. The first kappa shape index (κ1) is 17.0. The number of rotatable bonds is 4. The van der Waals surface area contributed by atoms with Gasteiger partial charge < -0.3 is 9.88 Å². The summed E-state index contributed by atoms with van der Waals surface area (Å²) >= 11 is 0. The van der Waals surface area contributed by atoms with Crippen molar-refractivity contribution in [2.75, 3.05) is 14.1 Å². The highest BCUT2D eigenvalue weighted by atomic mass is 16.2. The largest absolute Gasteiger partial charge is 0.345 e. The van der Waals surface area contributed by atoms with Gasteiger partial charge in [0, 0.05) is 49.7 Å². The number of hydrogen-bond acceptors (Lipinski definition) is 4. The minimum absolute atomic E-state index is 0.0181. The Bertz CT molecular complexity index is 1110. The molecule has 4 aromatic rings. The van der Waals surface area contributed by atoms with Crippen LogP contribution in [-0.4, -0.2) is 49.6 Å². The Morgan fingerprint density at radius 3 is 2.59 bits per heavy atom. The van der Waals surface area contributed by atoms with E-state index in [0.29, 0.717) is 5.56 Å². The van der Waals surface area contributed by atoms with Crippen LogP contribution in [0, 0.1) is 0 Å². The molecule has 7 nitrogen and oxygen atoms in total. The third kappa shape index (κ3) is 3.08. The van der Waals surface area contributed by atoms with Crippen molar-refractivity contribution >= 4 is 17.1 Å².